The maximum absolute atomic E-state index is 6.03. The predicted molar refractivity (Wildman–Crippen MR) is 110 cm³/mol. The number of hydrogen-bond donors (Lipinski definition) is 1. The average Bonchev–Trinajstić information content (AvgIpc) is 3.31. The quantitative estimate of drug-likeness (QED) is 0.438. The lowest BCUT2D eigenvalue weighted by atomic mass is 10.0. The molecule has 3 unspecified atom stereocenters. The summed E-state index contributed by atoms with van der Waals surface area (Å²) in [5.74, 6) is 1.88. The van der Waals surface area contributed by atoms with Crippen LogP contribution in [0.15, 0.2) is 29.3 Å². The van der Waals surface area contributed by atoms with Crippen molar-refractivity contribution in [2.75, 3.05) is 26.7 Å². The van der Waals surface area contributed by atoms with Gasteiger partial charge in [-0.05, 0) is 36.8 Å². The number of rotatable bonds is 4. The zero-order valence-electron chi connectivity index (χ0n) is 15.0. The Morgan fingerprint density at radius 1 is 1.38 bits per heavy atom. The molecule has 1 heterocycles. The molecule has 1 saturated heterocycles. The van der Waals surface area contributed by atoms with Crippen LogP contribution in [0.5, 0.6) is 0 Å². The first-order chi connectivity index (χ1) is 11.2. The molecule has 134 valence electrons. The number of ether oxygens (including phenoxy) is 1. The lowest BCUT2D eigenvalue weighted by molar-refractivity contribution is -0.00836. The highest BCUT2D eigenvalue weighted by Gasteiger charge is 2.38. The van der Waals surface area contributed by atoms with Crippen molar-refractivity contribution < 1.29 is 4.74 Å². The third-order valence-corrected chi connectivity index (χ3v) is 5.01. The van der Waals surface area contributed by atoms with Crippen LogP contribution in [0.4, 0.5) is 0 Å². The molecule has 0 radical (unpaired) electrons. The van der Waals surface area contributed by atoms with Gasteiger partial charge in [0.25, 0.3) is 0 Å². The molecular formula is C19H30IN3O. The van der Waals surface area contributed by atoms with Crippen molar-refractivity contribution in [3.8, 4) is 0 Å². The molecule has 1 aliphatic heterocycles. The minimum absolute atomic E-state index is 0. The highest BCUT2D eigenvalue weighted by Crippen LogP contribution is 2.35. The van der Waals surface area contributed by atoms with Gasteiger partial charge in [-0.2, -0.15) is 0 Å². The summed E-state index contributed by atoms with van der Waals surface area (Å²) in [6.45, 7) is 6.95. The van der Waals surface area contributed by atoms with Crippen LogP contribution in [0.25, 0.3) is 0 Å². The first kappa shape index (κ1) is 19.5. The lowest BCUT2D eigenvalue weighted by Gasteiger charge is -2.36. The summed E-state index contributed by atoms with van der Waals surface area (Å²) < 4.78 is 6.03. The molecule has 1 aliphatic carbocycles. The van der Waals surface area contributed by atoms with Crippen molar-refractivity contribution in [3.63, 3.8) is 0 Å². The summed E-state index contributed by atoms with van der Waals surface area (Å²) in [6, 6.07) is 9.13. The van der Waals surface area contributed by atoms with Crippen molar-refractivity contribution in [3.05, 3.63) is 35.4 Å². The van der Waals surface area contributed by atoms with E-state index in [0.29, 0.717) is 6.04 Å². The number of morpholine rings is 1. The molecule has 1 N–H and O–H groups in total. The number of aryl methyl sites for hydroxylation is 1. The van der Waals surface area contributed by atoms with Crippen molar-refractivity contribution in [1.82, 2.24) is 10.2 Å². The van der Waals surface area contributed by atoms with E-state index >= 15 is 0 Å². The molecule has 0 aromatic heterocycles. The van der Waals surface area contributed by atoms with Crippen LogP contribution in [-0.2, 0) is 4.74 Å². The monoisotopic (exact) mass is 443 g/mol. The number of benzene rings is 1. The molecule has 1 aromatic carbocycles. The van der Waals surface area contributed by atoms with E-state index in [1.54, 1.807) is 0 Å². The Labute approximate surface area is 163 Å². The molecule has 3 atom stereocenters. The van der Waals surface area contributed by atoms with Crippen LogP contribution in [0.3, 0.4) is 0 Å². The first-order valence-corrected chi connectivity index (χ1v) is 8.88. The topological polar surface area (TPSA) is 36.9 Å². The smallest absolute Gasteiger partial charge is 0.194 e. The maximum Gasteiger partial charge on any atom is 0.194 e. The highest BCUT2D eigenvalue weighted by atomic mass is 127. The fraction of sp³-hybridized carbons (Fsp3) is 0.632. The van der Waals surface area contributed by atoms with Crippen LogP contribution >= 0.6 is 24.0 Å². The fourth-order valence-electron chi connectivity index (χ4n) is 3.56. The molecule has 2 fully saturated rings. The number of nitrogens with one attached hydrogen (secondary N) is 1. The van der Waals surface area contributed by atoms with Crippen LogP contribution in [0.1, 0.15) is 43.4 Å². The van der Waals surface area contributed by atoms with Crippen LogP contribution in [-0.4, -0.2) is 43.6 Å². The van der Waals surface area contributed by atoms with Gasteiger partial charge in [0.15, 0.2) is 5.96 Å². The van der Waals surface area contributed by atoms with E-state index in [0.717, 1.165) is 31.6 Å². The van der Waals surface area contributed by atoms with Gasteiger partial charge in [-0.15, -0.1) is 24.0 Å². The summed E-state index contributed by atoms with van der Waals surface area (Å²) in [6.07, 6.45) is 4.02. The van der Waals surface area contributed by atoms with Gasteiger partial charge in [0.05, 0.1) is 13.2 Å². The molecule has 1 aromatic rings. The largest absolute Gasteiger partial charge is 0.370 e. The summed E-state index contributed by atoms with van der Waals surface area (Å²) in [5, 5.41) is 3.65. The normalized spacial score (nSPS) is 26.7. The van der Waals surface area contributed by atoms with Crippen molar-refractivity contribution in [2.45, 2.75) is 45.3 Å². The molecule has 3 rings (SSSR count). The highest BCUT2D eigenvalue weighted by molar-refractivity contribution is 14.0. The van der Waals surface area contributed by atoms with Crippen LogP contribution in [0.2, 0.25) is 0 Å². The van der Waals surface area contributed by atoms with Crippen molar-refractivity contribution in [2.24, 2.45) is 10.9 Å². The first-order valence-electron chi connectivity index (χ1n) is 8.88. The van der Waals surface area contributed by atoms with E-state index in [-0.39, 0.29) is 30.1 Å². The molecule has 0 bridgehead atoms. The number of guanidine groups is 1. The molecular weight excluding hydrogens is 413 g/mol. The zero-order valence-corrected chi connectivity index (χ0v) is 17.3. The third-order valence-electron chi connectivity index (χ3n) is 5.01. The van der Waals surface area contributed by atoms with Gasteiger partial charge in [0, 0.05) is 19.6 Å². The Morgan fingerprint density at radius 2 is 2.17 bits per heavy atom. The van der Waals surface area contributed by atoms with Gasteiger partial charge < -0.3 is 15.0 Å². The van der Waals surface area contributed by atoms with E-state index < -0.39 is 0 Å². The third kappa shape index (κ3) is 4.63. The Morgan fingerprint density at radius 3 is 2.88 bits per heavy atom. The summed E-state index contributed by atoms with van der Waals surface area (Å²) in [7, 11) is 1.89. The lowest BCUT2D eigenvalue weighted by Crippen LogP contribution is -2.49. The molecule has 24 heavy (non-hydrogen) atoms. The molecule has 5 heteroatoms. The molecule has 0 spiro atoms. The Balaban J connectivity index is 0.00000208. The number of nitrogens with zero attached hydrogens (tertiary/aromatic N) is 2. The Bertz CT molecular complexity index is 563. The van der Waals surface area contributed by atoms with E-state index in [1.807, 2.05) is 7.05 Å². The summed E-state index contributed by atoms with van der Waals surface area (Å²) in [5.41, 5.74) is 2.59. The van der Waals surface area contributed by atoms with E-state index in [2.05, 4.69) is 53.3 Å². The average molecular weight is 443 g/mol. The fourth-order valence-corrected chi connectivity index (χ4v) is 3.56. The van der Waals surface area contributed by atoms with Gasteiger partial charge in [-0.25, -0.2) is 0 Å². The minimum Gasteiger partial charge on any atom is -0.370 e. The van der Waals surface area contributed by atoms with E-state index in [4.69, 9.17) is 4.74 Å². The second kappa shape index (κ2) is 9.04. The minimum atomic E-state index is 0. The van der Waals surface area contributed by atoms with E-state index in [9.17, 15) is 0 Å². The predicted octanol–water partition coefficient (Wildman–Crippen LogP) is 3.75. The second-order valence-electron chi connectivity index (χ2n) is 6.74. The van der Waals surface area contributed by atoms with Gasteiger partial charge in [-0.1, -0.05) is 37.6 Å². The molecule has 0 amide bonds. The molecule has 4 nitrogen and oxygen atoms in total. The summed E-state index contributed by atoms with van der Waals surface area (Å²) >= 11 is 0. The second-order valence-corrected chi connectivity index (χ2v) is 6.74. The van der Waals surface area contributed by atoms with Gasteiger partial charge in [0.1, 0.15) is 6.10 Å². The van der Waals surface area contributed by atoms with Gasteiger partial charge in [0.2, 0.25) is 0 Å². The Hall–Kier alpha value is -0.820. The zero-order chi connectivity index (χ0) is 16.2. The van der Waals surface area contributed by atoms with Gasteiger partial charge >= 0.3 is 0 Å². The van der Waals surface area contributed by atoms with Gasteiger partial charge in [-0.3, -0.25) is 4.99 Å². The van der Waals surface area contributed by atoms with Crippen molar-refractivity contribution >= 4 is 29.9 Å². The Kier molecular flexibility index (Phi) is 7.34. The van der Waals surface area contributed by atoms with Crippen LogP contribution < -0.4 is 5.32 Å². The maximum atomic E-state index is 6.03. The molecule has 2 aliphatic rings. The number of halogens is 1. The van der Waals surface area contributed by atoms with Crippen molar-refractivity contribution in [1.29, 1.82) is 0 Å². The number of aliphatic imine (C=N–C) groups is 1. The summed E-state index contributed by atoms with van der Waals surface area (Å²) in [4.78, 5) is 6.86. The SMILES string of the molecule is CCCC1CC1NC(=NC)N1CCOC(c2ccccc2C)C1.I. The van der Waals surface area contributed by atoms with Crippen LogP contribution in [0, 0.1) is 12.8 Å². The number of hydrogen-bond acceptors (Lipinski definition) is 2. The molecule has 1 saturated carbocycles. The standard InChI is InChI=1S/C19H29N3O.HI/c1-4-7-15-12-17(15)21-19(20-3)22-10-11-23-18(13-22)16-9-6-5-8-14(16)2;/h5-6,8-9,15,17-18H,4,7,10-13H2,1-3H3,(H,20,21);1H. The van der Waals surface area contributed by atoms with E-state index in [1.165, 1.54) is 30.4 Å².